The molecule has 1 heterocycles. The molecule has 7 nitrogen and oxygen atoms in total. The maximum Gasteiger partial charge on any atom is 0.261 e. The number of carbonyl (C=O) groups excluding carboxylic acids is 1. The number of hydrogen-bond acceptors (Lipinski definition) is 5. The summed E-state index contributed by atoms with van der Waals surface area (Å²) in [5.41, 5.74) is 1.35. The van der Waals surface area contributed by atoms with Crippen LogP contribution in [0.2, 0.25) is 0 Å². The van der Waals surface area contributed by atoms with Gasteiger partial charge in [0.05, 0.1) is 30.0 Å². The Hall–Kier alpha value is -3.66. The summed E-state index contributed by atoms with van der Waals surface area (Å²) in [5, 5.41) is 9.66. The number of ether oxygens (including phenoxy) is 1. The summed E-state index contributed by atoms with van der Waals surface area (Å²) < 4.78 is 7.25. The van der Waals surface area contributed by atoms with Crippen molar-refractivity contribution in [3.8, 4) is 11.8 Å². The van der Waals surface area contributed by atoms with Crippen molar-refractivity contribution in [2.75, 3.05) is 18.1 Å². The van der Waals surface area contributed by atoms with Crippen LogP contribution in [-0.2, 0) is 11.2 Å². The number of anilines is 1. The Labute approximate surface area is 186 Å². The molecule has 0 atom stereocenters. The number of hydrogen-bond donors (Lipinski definition) is 0. The van der Waals surface area contributed by atoms with Crippen LogP contribution >= 0.6 is 0 Å². The van der Waals surface area contributed by atoms with Gasteiger partial charge in [-0.15, -0.1) is 0 Å². The van der Waals surface area contributed by atoms with Gasteiger partial charge in [0.15, 0.2) is 0 Å². The Kier molecular flexibility index (Phi) is 6.50. The van der Waals surface area contributed by atoms with E-state index in [-0.39, 0.29) is 30.3 Å². The van der Waals surface area contributed by atoms with Crippen LogP contribution in [0, 0.1) is 11.3 Å². The molecule has 1 amide bonds. The van der Waals surface area contributed by atoms with Gasteiger partial charge in [-0.05, 0) is 56.2 Å². The molecule has 164 valence electrons. The Morgan fingerprint density at radius 1 is 1.22 bits per heavy atom. The molecule has 1 aliphatic rings. The van der Waals surface area contributed by atoms with Gasteiger partial charge in [0.1, 0.15) is 11.6 Å². The SMILES string of the molecule is CCOc1ccc(N(CCC#N)C(=O)CCc2nc3ccccc3c(=O)n2C2CC2)cc1. The van der Waals surface area contributed by atoms with E-state index in [9.17, 15) is 9.59 Å². The summed E-state index contributed by atoms with van der Waals surface area (Å²) in [5.74, 6) is 1.28. The number of nitriles is 1. The number of rotatable bonds is 9. The van der Waals surface area contributed by atoms with E-state index in [1.807, 2.05) is 49.4 Å². The fourth-order valence-electron chi connectivity index (χ4n) is 3.88. The largest absolute Gasteiger partial charge is 0.494 e. The predicted octanol–water partition coefficient (Wildman–Crippen LogP) is 4.01. The van der Waals surface area contributed by atoms with Gasteiger partial charge in [0, 0.05) is 31.1 Å². The minimum absolute atomic E-state index is 0.0339. The average Bonchev–Trinajstić information content (AvgIpc) is 3.64. The summed E-state index contributed by atoms with van der Waals surface area (Å²) >= 11 is 0. The number of carbonyl (C=O) groups is 1. The fraction of sp³-hybridized carbons (Fsp3) is 0.360. The van der Waals surface area contributed by atoms with E-state index >= 15 is 0 Å². The first-order valence-corrected chi connectivity index (χ1v) is 11.0. The lowest BCUT2D eigenvalue weighted by molar-refractivity contribution is -0.118. The van der Waals surface area contributed by atoms with E-state index in [4.69, 9.17) is 15.0 Å². The van der Waals surface area contributed by atoms with Crippen molar-refractivity contribution >= 4 is 22.5 Å². The zero-order valence-corrected chi connectivity index (χ0v) is 18.2. The molecule has 0 bridgehead atoms. The summed E-state index contributed by atoms with van der Waals surface area (Å²) in [6, 6.07) is 16.9. The fourth-order valence-corrected chi connectivity index (χ4v) is 3.88. The van der Waals surface area contributed by atoms with E-state index in [1.165, 1.54) is 0 Å². The molecule has 1 fully saturated rings. The average molecular weight is 431 g/mol. The molecule has 1 aliphatic carbocycles. The van der Waals surface area contributed by atoms with Gasteiger partial charge < -0.3 is 9.64 Å². The standard InChI is InChI=1S/C25H26N4O3/c1-2-32-20-12-10-18(11-13-20)28(17-5-16-26)24(30)15-14-23-27-22-7-4-3-6-21(22)25(31)29(23)19-8-9-19/h3-4,6-7,10-13,19H,2,5,8-9,14-15,17H2,1H3. The molecule has 1 saturated carbocycles. The zero-order chi connectivity index (χ0) is 22.5. The predicted molar refractivity (Wildman–Crippen MR) is 123 cm³/mol. The molecule has 1 aromatic heterocycles. The van der Waals surface area contributed by atoms with Crippen molar-refractivity contribution in [3.63, 3.8) is 0 Å². The smallest absolute Gasteiger partial charge is 0.261 e. The maximum atomic E-state index is 13.1. The second-order valence-corrected chi connectivity index (χ2v) is 7.83. The summed E-state index contributed by atoms with van der Waals surface area (Å²) in [6.45, 7) is 2.79. The number of para-hydroxylation sites is 1. The Bertz CT molecular complexity index is 1210. The van der Waals surface area contributed by atoms with Crippen LogP contribution in [0.25, 0.3) is 10.9 Å². The van der Waals surface area contributed by atoms with E-state index in [0.717, 1.165) is 24.3 Å². The zero-order valence-electron chi connectivity index (χ0n) is 18.2. The number of fused-ring (bicyclic) bond motifs is 1. The first-order valence-electron chi connectivity index (χ1n) is 11.0. The van der Waals surface area contributed by atoms with Crippen LogP contribution in [0.4, 0.5) is 5.69 Å². The molecule has 0 spiro atoms. The summed E-state index contributed by atoms with van der Waals surface area (Å²) in [7, 11) is 0. The van der Waals surface area contributed by atoms with Crippen molar-refractivity contribution in [2.45, 2.75) is 45.1 Å². The molecule has 32 heavy (non-hydrogen) atoms. The third kappa shape index (κ3) is 4.65. The highest BCUT2D eigenvalue weighted by Gasteiger charge is 2.28. The highest BCUT2D eigenvalue weighted by Crippen LogP contribution is 2.35. The molecule has 0 aliphatic heterocycles. The Balaban J connectivity index is 1.56. The second kappa shape index (κ2) is 9.65. The van der Waals surface area contributed by atoms with E-state index in [0.29, 0.717) is 36.3 Å². The number of benzene rings is 2. The lowest BCUT2D eigenvalue weighted by Crippen LogP contribution is -2.33. The van der Waals surface area contributed by atoms with Gasteiger partial charge >= 0.3 is 0 Å². The quantitative estimate of drug-likeness (QED) is 0.512. The lowest BCUT2D eigenvalue weighted by Gasteiger charge is -2.22. The van der Waals surface area contributed by atoms with Crippen LogP contribution in [0.15, 0.2) is 53.3 Å². The first-order chi connectivity index (χ1) is 15.6. The van der Waals surface area contributed by atoms with Crippen LogP contribution in [0.5, 0.6) is 5.75 Å². The van der Waals surface area contributed by atoms with Crippen LogP contribution in [0.3, 0.4) is 0 Å². The van der Waals surface area contributed by atoms with Crippen molar-refractivity contribution in [1.29, 1.82) is 5.26 Å². The molecule has 0 saturated heterocycles. The first kappa shape index (κ1) is 21.6. The summed E-state index contributed by atoms with van der Waals surface area (Å²) in [4.78, 5) is 32.5. The third-order valence-electron chi connectivity index (χ3n) is 5.56. The highest BCUT2D eigenvalue weighted by atomic mass is 16.5. The number of nitrogens with zero attached hydrogens (tertiary/aromatic N) is 4. The monoisotopic (exact) mass is 430 g/mol. The van der Waals surface area contributed by atoms with Crippen molar-refractivity contribution in [3.05, 3.63) is 64.7 Å². The van der Waals surface area contributed by atoms with Gasteiger partial charge in [-0.3, -0.25) is 14.2 Å². The molecule has 0 radical (unpaired) electrons. The molecule has 2 aromatic carbocycles. The third-order valence-corrected chi connectivity index (χ3v) is 5.56. The van der Waals surface area contributed by atoms with E-state index in [1.54, 1.807) is 15.5 Å². The lowest BCUT2D eigenvalue weighted by atomic mass is 10.2. The molecule has 3 aromatic rings. The summed E-state index contributed by atoms with van der Waals surface area (Å²) in [6.07, 6.45) is 2.73. The van der Waals surface area contributed by atoms with Gasteiger partial charge in [-0.2, -0.15) is 5.26 Å². The Morgan fingerprint density at radius 3 is 2.66 bits per heavy atom. The minimum Gasteiger partial charge on any atom is -0.494 e. The van der Waals surface area contributed by atoms with Crippen LogP contribution in [-0.4, -0.2) is 28.6 Å². The molecule has 4 rings (SSSR count). The van der Waals surface area contributed by atoms with Crippen LogP contribution in [0.1, 0.15) is 44.5 Å². The topological polar surface area (TPSA) is 88.2 Å². The minimum atomic E-state index is -0.103. The molecule has 0 unspecified atom stereocenters. The molecule has 0 N–H and O–H groups in total. The second-order valence-electron chi connectivity index (χ2n) is 7.83. The van der Waals surface area contributed by atoms with Crippen molar-refractivity contribution in [2.24, 2.45) is 0 Å². The van der Waals surface area contributed by atoms with Crippen LogP contribution < -0.4 is 15.2 Å². The Morgan fingerprint density at radius 2 is 1.97 bits per heavy atom. The van der Waals surface area contributed by atoms with E-state index in [2.05, 4.69) is 6.07 Å². The maximum absolute atomic E-state index is 13.1. The molecule has 7 heteroatoms. The van der Waals surface area contributed by atoms with Crippen molar-refractivity contribution < 1.29 is 9.53 Å². The van der Waals surface area contributed by atoms with Gasteiger partial charge in [-0.1, -0.05) is 12.1 Å². The normalized spacial score (nSPS) is 13.0. The van der Waals surface area contributed by atoms with Crippen molar-refractivity contribution in [1.82, 2.24) is 9.55 Å². The van der Waals surface area contributed by atoms with Gasteiger partial charge in [0.25, 0.3) is 5.56 Å². The molecular formula is C25H26N4O3. The number of amides is 1. The number of aryl methyl sites for hydroxylation is 1. The molecular weight excluding hydrogens is 404 g/mol. The highest BCUT2D eigenvalue weighted by molar-refractivity contribution is 5.93. The van der Waals surface area contributed by atoms with Gasteiger partial charge in [-0.25, -0.2) is 4.98 Å². The van der Waals surface area contributed by atoms with Gasteiger partial charge in [0.2, 0.25) is 5.91 Å². The number of aromatic nitrogens is 2. The van der Waals surface area contributed by atoms with E-state index < -0.39 is 0 Å².